The number of benzene rings is 1. The van der Waals surface area contributed by atoms with E-state index in [0.29, 0.717) is 52.7 Å². The molecule has 4 aromatic rings. The summed E-state index contributed by atoms with van der Waals surface area (Å²) in [4.78, 5) is 15.2. The van der Waals surface area contributed by atoms with Gasteiger partial charge in [0.2, 0.25) is 0 Å². The Labute approximate surface area is 222 Å². The fourth-order valence-corrected chi connectivity index (χ4v) is 4.62. The maximum Gasteiger partial charge on any atom is 0.333 e. The summed E-state index contributed by atoms with van der Waals surface area (Å²) >= 11 is 0. The molecule has 0 radical (unpaired) electrons. The Hall–Kier alpha value is -4.23. The molecular formula is C26H27F3N8O2. The SMILES string of the molecule is COc1cccc(F)c1-c1nccc(Nc2cc(N3CC[C@@H](OC)[C@H](N)C3)c(-c3cnn(C(F)F)c3)cn2)n1. The van der Waals surface area contributed by atoms with Crippen LogP contribution in [0.3, 0.4) is 0 Å². The van der Waals surface area contributed by atoms with Crippen LogP contribution in [0, 0.1) is 5.82 Å². The van der Waals surface area contributed by atoms with Gasteiger partial charge in [0.15, 0.2) is 5.82 Å². The fraction of sp³-hybridized carbons (Fsp3) is 0.308. The van der Waals surface area contributed by atoms with Crippen LogP contribution >= 0.6 is 0 Å². The van der Waals surface area contributed by atoms with E-state index in [1.807, 2.05) is 0 Å². The molecule has 204 valence electrons. The van der Waals surface area contributed by atoms with Gasteiger partial charge in [0.1, 0.15) is 23.2 Å². The minimum absolute atomic E-state index is 0.0828. The number of anilines is 3. The second-order valence-corrected chi connectivity index (χ2v) is 8.95. The van der Waals surface area contributed by atoms with Gasteiger partial charge < -0.3 is 25.4 Å². The maximum absolute atomic E-state index is 14.6. The van der Waals surface area contributed by atoms with Gasteiger partial charge in [-0.25, -0.2) is 24.0 Å². The van der Waals surface area contributed by atoms with Crippen LogP contribution in [0.15, 0.2) is 55.1 Å². The second-order valence-electron chi connectivity index (χ2n) is 8.95. The van der Waals surface area contributed by atoms with Gasteiger partial charge in [-0.1, -0.05) is 6.07 Å². The summed E-state index contributed by atoms with van der Waals surface area (Å²) in [6.07, 6.45) is 6.34. The summed E-state index contributed by atoms with van der Waals surface area (Å²) in [6, 6.07) is 7.65. The molecule has 39 heavy (non-hydrogen) atoms. The Morgan fingerprint density at radius 3 is 2.69 bits per heavy atom. The number of pyridine rings is 1. The minimum Gasteiger partial charge on any atom is -0.496 e. The molecule has 0 bridgehead atoms. The molecule has 0 aliphatic carbocycles. The van der Waals surface area contributed by atoms with Crippen molar-refractivity contribution in [3.63, 3.8) is 0 Å². The van der Waals surface area contributed by atoms with Crippen molar-refractivity contribution in [2.75, 3.05) is 37.5 Å². The van der Waals surface area contributed by atoms with Crippen molar-refractivity contribution in [3.05, 3.63) is 60.9 Å². The number of nitrogens with one attached hydrogen (secondary N) is 1. The molecule has 1 fully saturated rings. The topological polar surface area (TPSA) is 116 Å². The van der Waals surface area contributed by atoms with Crippen molar-refractivity contribution in [2.24, 2.45) is 5.73 Å². The Bertz CT molecular complexity index is 1450. The Balaban J connectivity index is 1.49. The lowest BCUT2D eigenvalue weighted by molar-refractivity contribution is 0.0566. The number of halogens is 3. The van der Waals surface area contributed by atoms with E-state index < -0.39 is 12.4 Å². The molecule has 1 saturated heterocycles. The van der Waals surface area contributed by atoms with E-state index in [4.69, 9.17) is 15.2 Å². The highest BCUT2D eigenvalue weighted by Crippen LogP contribution is 2.35. The van der Waals surface area contributed by atoms with Crippen molar-refractivity contribution in [1.82, 2.24) is 24.7 Å². The molecule has 1 aliphatic rings. The van der Waals surface area contributed by atoms with Gasteiger partial charge in [0, 0.05) is 67.7 Å². The van der Waals surface area contributed by atoms with E-state index in [-0.39, 0.29) is 23.5 Å². The Morgan fingerprint density at radius 1 is 1.13 bits per heavy atom. The molecule has 1 aliphatic heterocycles. The number of piperidine rings is 1. The lowest BCUT2D eigenvalue weighted by Gasteiger charge is -2.38. The zero-order valence-electron chi connectivity index (χ0n) is 21.3. The van der Waals surface area contributed by atoms with Gasteiger partial charge in [-0.05, 0) is 24.6 Å². The van der Waals surface area contributed by atoms with E-state index in [0.717, 1.165) is 5.69 Å². The molecule has 2 atom stereocenters. The molecule has 0 spiro atoms. The number of nitrogens with zero attached hydrogens (tertiary/aromatic N) is 6. The molecule has 0 saturated carbocycles. The van der Waals surface area contributed by atoms with Crippen LogP contribution in [0.1, 0.15) is 13.0 Å². The van der Waals surface area contributed by atoms with Crippen molar-refractivity contribution < 1.29 is 22.6 Å². The maximum atomic E-state index is 14.6. The van der Waals surface area contributed by atoms with Gasteiger partial charge in [-0.3, -0.25) is 0 Å². The fourth-order valence-electron chi connectivity index (χ4n) is 4.62. The molecular weight excluding hydrogens is 513 g/mol. The molecule has 5 rings (SSSR count). The molecule has 0 amide bonds. The number of hydrogen-bond donors (Lipinski definition) is 2. The van der Waals surface area contributed by atoms with Gasteiger partial charge in [-0.15, -0.1) is 0 Å². The third-order valence-electron chi connectivity index (χ3n) is 6.56. The van der Waals surface area contributed by atoms with Crippen LogP contribution in [0.25, 0.3) is 22.5 Å². The predicted molar refractivity (Wildman–Crippen MR) is 140 cm³/mol. The minimum atomic E-state index is -2.76. The number of ether oxygens (including phenoxy) is 2. The van der Waals surface area contributed by atoms with Crippen LogP contribution in [0.4, 0.5) is 30.5 Å². The van der Waals surface area contributed by atoms with E-state index in [1.54, 1.807) is 37.6 Å². The second kappa shape index (κ2) is 11.3. The highest BCUT2D eigenvalue weighted by Gasteiger charge is 2.28. The van der Waals surface area contributed by atoms with E-state index in [9.17, 15) is 13.2 Å². The van der Waals surface area contributed by atoms with Gasteiger partial charge in [0.25, 0.3) is 0 Å². The van der Waals surface area contributed by atoms with Crippen LogP contribution in [0.5, 0.6) is 5.75 Å². The molecule has 0 unspecified atom stereocenters. The summed E-state index contributed by atoms with van der Waals surface area (Å²) in [5, 5.41) is 6.91. The van der Waals surface area contributed by atoms with Crippen molar-refractivity contribution >= 4 is 17.3 Å². The monoisotopic (exact) mass is 540 g/mol. The van der Waals surface area contributed by atoms with Crippen molar-refractivity contribution in [3.8, 4) is 28.3 Å². The number of nitrogens with two attached hydrogens (primary N) is 1. The standard InChI is InChI=1S/C26H27F3N8O2/c1-38-20-7-9-36(14-18(20)30)19-10-23(32-12-16(19)15-11-33-37(13-15)26(28)29)34-22-6-8-31-25(35-22)24-17(27)4-3-5-21(24)39-2/h3-6,8,10-13,18,20,26H,7,9,14,30H2,1-2H3,(H,31,32,34,35)/t18-,20-/m1/s1. The first kappa shape index (κ1) is 26.4. The molecule has 3 aromatic heterocycles. The van der Waals surface area contributed by atoms with Crippen LogP contribution in [0.2, 0.25) is 0 Å². The number of aromatic nitrogens is 5. The summed E-state index contributed by atoms with van der Waals surface area (Å²) in [7, 11) is 3.07. The van der Waals surface area contributed by atoms with E-state index in [2.05, 4.69) is 30.3 Å². The Kier molecular flexibility index (Phi) is 7.61. The third kappa shape index (κ3) is 5.49. The molecule has 1 aromatic carbocycles. The number of methoxy groups -OCH3 is 2. The lowest BCUT2D eigenvalue weighted by atomic mass is 10.0. The van der Waals surface area contributed by atoms with Crippen molar-refractivity contribution in [2.45, 2.75) is 25.1 Å². The van der Waals surface area contributed by atoms with Crippen LogP contribution < -0.4 is 20.7 Å². The molecule has 13 heteroatoms. The van der Waals surface area contributed by atoms with E-state index in [1.165, 1.54) is 31.8 Å². The molecule has 10 nitrogen and oxygen atoms in total. The van der Waals surface area contributed by atoms with Crippen LogP contribution in [-0.4, -0.2) is 64.2 Å². The predicted octanol–water partition coefficient (Wildman–Crippen LogP) is 4.24. The summed E-state index contributed by atoms with van der Waals surface area (Å²) in [5.74, 6) is 0.728. The van der Waals surface area contributed by atoms with Gasteiger partial charge >= 0.3 is 6.55 Å². The zero-order valence-corrected chi connectivity index (χ0v) is 21.3. The summed E-state index contributed by atoms with van der Waals surface area (Å²) in [6.45, 7) is -1.64. The summed E-state index contributed by atoms with van der Waals surface area (Å²) in [5.41, 5.74) is 8.33. The number of hydrogen-bond acceptors (Lipinski definition) is 9. The number of alkyl halides is 2. The summed E-state index contributed by atoms with van der Waals surface area (Å²) < 4.78 is 52.4. The highest BCUT2D eigenvalue weighted by atomic mass is 19.3. The third-order valence-corrected chi connectivity index (χ3v) is 6.56. The first-order valence-electron chi connectivity index (χ1n) is 12.2. The zero-order chi connectivity index (χ0) is 27.5. The Morgan fingerprint density at radius 2 is 1.97 bits per heavy atom. The quantitative estimate of drug-likeness (QED) is 0.339. The average Bonchev–Trinajstić information content (AvgIpc) is 3.43. The van der Waals surface area contributed by atoms with E-state index >= 15 is 0 Å². The normalized spacial score (nSPS) is 17.5. The largest absolute Gasteiger partial charge is 0.496 e. The first-order chi connectivity index (χ1) is 18.9. The average molecular weight is 541 g/mol. The smallest absolute Gasteiger partial charge is 0.333 e. The van der Waals surface area contributed by atoms with Crippen molar-refractivity contribution in [1.29, 1.82) is 0 Å². The lowest BCUT2D eigenvalue weighted by Crippen LogP contribution is -2.52. The number of rotatable bonds is 8. The molecule has 3 N–H and O–H groups in total. The van der Waals surface area contributed by atoms with Gasteiger partial charge in [-0.2, -0.15) is 13.9 Å². The van der Waals surface area contributed by atoms with Crippen LogP contribution in [-0.2, 0) is 4.74 Å². The first-order valence-corrected chi connectivity index (χ1v) is 12.2. The highest BCUT2D eigenvalue weighted by molar-refractivity contribution is 5.80. The molecule has 4 heterocycles. The van der Waals surface area contributed by atoms with Gasteiger partial charge in [0.05, 0.1) is 25.0 Å².